The molecule has 0 radical (unpaired) electrons. The summed E-state index contributed by atoms with van der Waals surface area (Å²) in [7, 11) is 0. The maximum atomic E-state index is 12.3. The maximum Gasteiger partial charge on any atom is 0.233 e. The van der Waals surface area contributed by atoms with Gasteiger partial charge in [0.05, 0.1) is 6.54 Å². The number of carbonyl (C=O) groups is 3. The SMILES string of the molecule is Cc1ccc(C(=O)CN2C(=O)C(C)C(C)C2=O)c(C)c1. The lowest BCUT2D eigenvalue weighted by molar-refractivity contribution is -0.139. The normalized spacial score (nSPS) is 22.5. The van der Waals surface area contributed by atoms with Gasteiger partial charge in [-0.25, -0.2) is 0 Å². The molecule has 1 heterocycles. The van der Waals surface area contributed by atoms with Crippen LogP contribution in [0.15, 0.2) is 18.2 Å². The lowest BCUT2D eigenvalue weighted by atomic mass is 10.00. The van der Waals surface area contributed by atoms with Crippen molar-refractivity contribution in [2.75, 3.05) is 6.54 Å². The zero-order chi connectivity index (χ0) is 15.0. The third-order valence-corrected chi connectivity index (χ3v) is 4.05. The number of likely N-dealkylation sites (tertiary alicyclic amines) is 1. The molecule has 0 spiro atoms. The molecule has 1 aliphatic heterocycles. The van der Waals surface area contributed by atoms with Crippen LogP contribution in [0.1, 0.15) is 35.3 Å². The van der Waals surface area contributed by atoms with Gasteiger partial charge in [-0.2, -0.15) is 0 Å². The molecule has 0 aliphatic carbocycles. The molecule has 2 unspecified atom stereocenters. The second-order valence-corrected chi connectivity index (χ2v) is 5.58. The maximum absolute atomic E-state index is 12.3. The summed E-state index contributed by atoms with van der Waals surface area (Å²) in [4.78, 5) is 37.4. The summed E-state index contributed by atoms with van der Waals surface area (Å²) in [6.07, 6.45) is 0. The van der Waals surface area contributed by atoms with Crippen molar-refractivity contribution < 1.29 is 14.4 Å². The van der Waals surface area contributed by atoms with Crippen molar-refractivity contribution in [2.45, 2.75) is 27.7 Å². The topological polar surface area (TPSA) is 54.5 Å². The lowest BCUT2D eigenvalue weighted by Crippen LogP contribution is -2.36. The summed E-state index contributed by atoms with van der Waals surface area (Å²) in [5.74, 6) is -1.37. The second-order valence-electron chi connectivity index (χ2n) is 5.58. The Morgan fingerprint density at radius 2 is 1.65 bits per heavy atom. The van der Waals surface area contributed by atoms with E-state index in [-0.39, 0.29) is 36.0 Å². The zero-order valence-corrected chi connectivity index (χ0v) is 12.3. The summed E-state index contributed by atoms with van der Waals surface area (Å²) in [6, 6.07) is 5.54. The highest BCUT2D eigenvalue weighted by Gasteiger charge is 2.42. The predicted octanol–water partition coefficient (Wildman–Crippen LogP) is 2.13. The Morgan fingerprint density at radius 3 is 2.15 bits per heavy atom. The van der Waals surface area contributed by atoms with Crippen molar-refractivity contribution in [3.63, 3.8) is 0 Å². The van der Waals surface area contributed by atoms with Gasteiger partial charge in [-0.3, -0.25) is 19.3 Å². The molecule has 0 bridgehead atoms. The van der Waals surface area contributed by atoms with Crippen LogP contribution in [-0.2, 0) is 9.59 Å². The van der Waals surface area contributed by atoms with Gasteiger partial charge in [-0.05, 0) is 19.4 Å². The molecule has 0 N–H and O–H groups in total. The van der Waals surface area contributed by atoms with Gasteiger partial charge in [0.15, 0.2) is 5.78 Å². The van der Waals surface area contributed by atoms with Crippen molar-refractivity contribution >= 4 is 17.6 Å². The van der Waals surface area contributed by atoms with Crippen LogP contribution in [0.25, 0.3) is 0 Å². The molecule has 0 aromatic heterocycles. The van der Waals surface area contributed by atoms with E-state index in [1.165, 1.54) is 0 Å². The minimum atomic E-state index is -0.339. The standard InChI is InChI=1S/C16H19NO3/c1-9-5-6-13(10(2)7-9)14(18)8-17-15(19)11(3)12(4)16(17)20/h5-7,11-12H,8H2,1-4H3. The van der Waals surface area contributed by atoms with E-state index < -0.39 is 0 Å². The Morgan fingerprint density at radius 1 is 1.10 bits per heavy atom. The molecule has 4 heteroatoms. The fourth-order valence-corrected chi connectivity index (χ4v) is 2.54. The fourth-order valence-electron chi connectivity index (χ4n) is 2.54. The smallest absolute Gasteiger partial charge is 0.233 e. The third-order valence-electron chi connectivity index (χ3n) is 4.05. The first-order valence-corrected chi connectivity index (χ1v) is 6.78. The van der Waals surface area contributed by atoms with Gasteiger partial charge >= 0.3 is 0 Å². The molecule has 1 saturated heterocycles. The lowest BCUT2D eigenvalue weighted by Gasteiger charge is -2.14. The molecule has 1 aromatic carbocycles. The first kappa shape index (κ1) is 14.4. The summed E-state index contributed by atoms with van der Waals surface area (Å²) in [5, 5.41) is 0. The number of benzene rings is 1. The molecular weight excluding hydrogens is 254 g/mol. The number of aryl methyl sites for hydroxylation is 2. The first-order chi connectivity index (χ1) is 9.32. The summed E-state index contributed by atoms with van der Waals surface area (Å²) >= 11 is 0. The Bertz CT molecular complexity index is 571. The predicted molar refractivity (Wildman–Crippen MR) is 75.3 cm³/mol. The Kier molecular flexibility index (Phi) is 3.75. The van der Waals surface area contributed by atoms with Gasteiger partial charge < -0.3 is 0 Å². The molecule has 4 nitrogen and oxygen atoms in total. The highest BCUT2D eigenvalue weighted by molar-refractivity contribution is 6.09. The third kappa shape index (κ3) is 2.38. The number of imide groups is 1. The number of Topliss-reactive ketones (excluding diaryl/α,β-unsaturated/α-hetero) is 1. The minimum absolute atomic E-state index is 0.157. The quantitative estimate of drug-likeness (QED) is 0.626. The molecule has 2 amide bonds. The minimum Gasteiger partial charge on any atom is -0.292 e. The van der Waals surface area contributed by atoms with Crippen LogP contribution in [0.3, 0.4) is 0 Å². The highest BCUT2D eigenvalue weighted by atomic mass is 16.2. The Balaban J connectivity index is 2.20. The molecular formula is C16H19NO3. The monoisotopic (exact) mass is 273 g/mol. The van der Waals surface area contributed by atoms with Crippen LogP contribution in [-0.4, -0.2) is 29.0 Å². The molecule has 20 heavy (non-hydrogen) atoms. The first-order valence-electron chi connectivity index (χ1n) is 6.78. The van der Waals surface area contributed by atoms with E-state index in [1.54, 1.807) is 19.9 Å². The van der Waals surface area contributed by atoms with Crippen LogP contribution >= 0.6 is 0 Å². The van der Waals surface area contributed by atoms with Crippen molar-refractivity contribution in [1.82, 2.24) is 4.90 Å². The average molecular weight is 273 g/mol. The van der Waals surface area contributed by atoms with Gasteiger partial charge in [0, 0.05) is 17.4 Å². The van der Waals surface area contributed by atoms with E-state index in [0.717, 1.165) is 16.0 Å². The zero-order valence-electron chi connectivity index (χ0n) is 12.3. The number of ketones is 1. The molecule has 2 atom stereocenters. The molecule has 1 fully saturated rings. The van der Waals surface area contributed by atoms with Crippen molar-refractivity contribution in [3.8, 4) is 0 Å². The number of carbonyl (C=O) groups excluding carboxylic acids is 3. The van der Waals surface area contributed by atoms with Crippen LogP contribution in [0, 0.1) is 25.7 Å². The van der Waals surface area contributed by atoms with E-state index in [4.69, 9.17) is 0 Å². The van der Waals surface area contributed by atoms with Crippen molar-refractivity contribution in [2.24, 2.45) is 11.8 Å². The fraction of sp³-hybridized carbons (Fsp3) is 0.438. The van der Waals surface area contributed by atoms with Gasteiger partial charge in [0.1, 0.15) is 0 Å². The van der Waals surface area contributed by atoms with Crippen LogP contribution in [0.4, 0.5) is 0 Å². The van der Waals surface area contributed by atoms with Crippen LogP contribution < -0.4 is 0 Å². The van der Waals surface area contributed by atoms with E-state index in [0.29, 0.717) is 5.56 Å². The molecule has 0 saturated carbocycles. The number of hydrogen-bond donors (Lipinski definition) is 0. The van der Waals surface area contributed by atoms with Crippen LogP contribution in [0.2, 0.25) is 0 Å². The molecule has 1 aliphatic rings. The average Bonchev–Trinajstić information content (AvgIpc) is 2.56. The summed E-state index contributed by atoms with van der Waals surface area (Å²) in [5.41, 5.74) is 2.52. The Labute approximate surface area is 118 Å². The van der Waals surface area contributed by atoms with Gasteiger partial charge in [0.25, 0.3) is 0 Å². The van der Waals surface area contributed by atoms with Crippen molar-refractivity contribution in [3.05, 3.63) is 34.9 Å². The molecule has 2 rings (SSSR count). The number of rotatable bonds is 3. The van der Waals surface area contributed by atoms with Gasteiger partial charge in [-0.15, -0.1) is 0 Å². The number of nitrogens with zero attached hydrogens (tertiary/aromatic N) is 1. The summed E-state index contributed by atoms with van der Waals surface area (Å²) < 4.78 is 0. The van der Waals surface area contributed by atoms with E-state index >= 15 is 0 Å². The van der Waals surface area contributed by atoms with E-state index in [1.807, 2.05) is 26.0 Å². The van der Waals surface area contributed by atoms with E-state index in [2.05, 4.69) is 0 Å². The number of amides is 2. The van der Waals surface area contributed by atoms with Gasteiger partial charge in [-0.1, -0.05) is 37.6 Å². The van der Waals surface area contributed by atoms with Crippen LogP contribution in [0.5, 0.6) is 0 Å². The van der Waals surface area contributed by atoms with E-state index in [9.17, 15) is 14.4 Å². The largest absolute Gasteiger partial charge is 0.292 e. The number of hydrogen-bond acceptors (Lipinski definition) is 3. The Hall–Kier alpha value is -1.97. The molecule has 106 valence electrons. The van der Waals surface area contributed by atoms with Gasteiger partial charge in [0.2, 0.25) is 11.8 Å². The second kappa shape index (κ2) is 5.19. The summed E-state index contributed by atoms with van der Waals surface area (Å²) in [6.45, 7) is 7.12. The molecule has 1 aromatic rings. The highest BCUT2D eigenvalue weighted by Crippen LogP contribution is 2.25. The van der Waals surface area contributed by atoms with Crippen molar-refractivity contribution in [1.29, 1.82) is 0 Å².